The Labute approximate surface area is 173 Å². The highest BCUT2D eigenvalue weighted by Crippen LogP contribution is 2.30. The van der Waals surface area contributed by atoms with E-state index in [1.54, 1.807) is 11.8 Å². The maximum atomic E-state index is 12.8. The van der Waals surface area contributed by atoms with Crippen molar-refractivity contribution in [2.24, 2.45) is 5.10 Å². The molecule has 3 nitrogen and oxygen atoms in total. The summed E-state index contributed by atoms with van der Waals surface area (Å²) in [5.41, 5.74) is 3.06. The molecular weight excluding hydrogens is 388 g/mol. The second-order valence-corrected chi connectivity index (χ2v) is 7.90. The molecule has 3 aromatic carbocycles. The summed E-state index contributed by atoms with van der Waals surface area (Å²) in [6, 6.07) is 25.3. The lowest BCUT2D eigenvalue weighted by Crippen LogP contribution is -2.21. The van der Waals surface area contributed by atoms with Gasteiger partial charge in [0.25, 0.3) is 5.91 Å². The maximum absolute atomic E-state index is 12.8. The number of carbonyl (C=O) groups is 1. The van der Waals surface area contributed by atoms with Gasteiger partial charge in [0.05, 0.1) is 17.0 Å². The first kappa shape index (κ1) is 18.5. The number of carbonyl (C=O) groups excluding carboxylic acids is 1. The summed E-state index contributed by atoms with van der Waals surface area (Å²) in [4.78, 5) is 15.0. The van der Waals surface area contributed by atoms with Gasteiger partial charge in [0, 0.05) is 14.8 Å². The van der Waals surface area contributed by atoms with Crippen LogP contribution in [0.4, 0.5) is 5.69 Å². The molecular formula is C23H17ClN2OS. The van der Waals surface area contributed by atoms with E-state index in [0.717, 1.165) is 26.1 Å². The van der Waals surface area contributed by atoms with E-state index in [1.807, 2.05) is 91.9 Å². The molecule has 5 heteroatoms. The number of anilines is 1. The van der Waals surface area contributed by atoms with E-state index in [9.17, 15) is 4.79 Å². The molecule has 0 fully saturated rings. The van der Waals surface area contributed by atoms with Crippen LogP contribution in [0.2, 0.25) is 5.02 Å². The maximum Gasteiger partial charge on any atom is 0.280 e. The van der Waals surface area contributed by atoms with Crippen molar-refractivity contribution in [1.82, 2.24) is 0 Å². The van der Waals surface area contributed by atoms with Gasteiger partial charge < -0.3 is 0 Å². The van der Waals surface area contributed by atoms with Crippen LogP contribution in [0.15, 0.2) is 99.3 Å². The Hall–Kier alpha value is -2.82. The molecule has 0 N–H and O–H groups in total. The van der Waals surface area contributed by atoms with Crippen molar-refractivity contribution in [2.75, 3.05) is 5.01 Å². The Balaban J connectivity index is 1.52. The van der Waals surface area contributed by atoms with Crippen LogP contribution < -0.4 is 5.01 Å². The van der Waals surface area contributed by atoms with Gasteiger partial charge in [-0.05, 0) is 67.1 Å². The summed E-state index contributed by atoms with van der Waals surface area (Å²) in [5, 5.41) is 6.60. The van der Waals surface area contributed by atoms with Crippen molar-refractivity contribution in [1.29, 1.82) is 0 Å². The number of hydrogen-bond acceptors (Lipinski definition) is 3. The van der Waals surface area contributed by atoms with Gasteiger partial charge in [-0.15, -0.1) is 0 Å². The zero-order valence-electron chi connectivity index (χ0n) is 15.2. The molecule has 0 atom stereocenters. The van der Waals surface area contributed by atoms with E-state index in [1.165, 1.54) is 5.01 Å². The average molecular weight is 405 g/mol. The quantitative estimate of drug-likeness (QED) is 0.478. The number of para-hydroxylation sites is 1. The Bertz CT molecular complexity index is 1060. The van der Waals surface area contributed by atoms with Gasteiger partial charge in [-0.25, -0.2) is 0 Å². The van der Waals surface area contributed by atoms with Gasteiger partial charge in [-0.1, -0.05) is 53.7 Å². The highest BCUT2D eigenvalue weighted by Gasteiger charge is 2.28. The van der Waals surface area contributed by atoms with Crippen LogP contribution in [-0.2, 0) is 4.79 Å². The number of nitrogens with zero attached hydrogens (tertiary/aromatic N) is 2. The summed E-state index contributed by atoms with van der Waals surface area (Å²) < 4.78 is 0. The lowest BCUT2D eigenvalue weighted by molar-refractivity contribution is -0.114. The molecule has 0 radical (unpaired) electrons. The normalized spacial score (nSPS) is 15.2. The number of benzene rings is 3. The van der Waals surface area contributed by atoms with E-state index < -0.39 is 0 Å². The van der Waals surface area contributed by atoms with E-state index in [-0.39, 0.29) is 5.91 Å². The number of hydrogen-bond donors (Lipinski definition) is 0. The van der Waals surface area contributed by atoms with Crippen molar-refractivity contribution in [3.63, 3.8) is 0 Å². The van der Waals surface area contributed by atoms with Crippen LogP contribution in [0, 0.1) is 0 Å². The predicted molar refractivity (Wildman–Crippen MR) is 117 cm³/mol. The van der Waals surface area contributed by atoms with Crippen LogP contribution in [0.25, 0.3) is 6.08 Å². The molecule has 0 saturated heterocycles. The minimum Gasteiger partial charge on any atom is -0.267 e. The molecule has 1 aliphatic rings. The van der Waals surface area contributed by atoms with Gasteiger partial charge in [0.15, 0.2) is 0 Å². The summed E-state index contributed by atoms with van der Waals surface area (Å²) in [6.45, 7) is 1.86. The monoisotopic (exact) mass is 404 g/mol. The second-order valence-electron chi connectivity index (χ2n) is 6.32. The number of amides is 1. The van der Waals surface area contributed by atoms with E-state index in [0.29, 0.717) is 11.3 Å². The summed E-state index contributed by atoms with van der Waals surface area (Å²) in [7, 11) is 0. The first-order valence-corrected chi connectivity index (χ1v) is 10.00. The molecule has 3 aromatic rings. The summed E-state index contributed by atoms with van der Waals surface area (Å²) in [6.07, 6.45) is 1.89. The molecule has 4 rings (SSSR count). The molecule has 28 heavy (non-hydrogen) atoms. The van der Waals surface area contributed by atoms with Crippen molar-refractivity contribution < 1.29 is 4.79 Å². The first-order chi connectivity index (χ1) is 13.6. The predicted octanol–water partition coefficient (Wildman–Crippen LogP) is 6.30. The second kappa shape index (κ2) is 8.05. The molecule has 1 aliphatic heterocycles. The number of rotatable bonds is 4. The third kappa shape index (κ3) is 4.03. The Morgan fingerprint density at radius 2 is 1.50 bits per heavy atom. The fourth-order valence-corrected chi connectivity index (χ4v) is 3.81. The number of hydrazone groups is 1. The lowest BCUT2D eigenvalue weighted by Gasteiger charge is -2.11. The molecule has 0 unspecified atom stereocenters. The van der Waals surface area contributed by atoms with Crippen LogP contribution in [0.5, 0.6) is 0 Å². The highest BCUT2D eigenvalue weighted by molar-refractivity contribution is 7.99. The van der Waals surface area contributed by atoms with Gasteiger partial charge >= 0.3 is 0 Å². The molecule has 0 spiro atoms. The van der Waals surface area contributed by atoms with Crippen LogP contribution in [0.1, 0.15) is 12.5 Å². The van der Waals surface area contributed by atoms with Crippen molar-refractivity contribution in [3.8, 4) is 0 Å². The number of halogens is 1. The van der Waals surface area contributed by atoms with Gasteiger partial charge in [0.1, 0.15) is 0 Å². The van der Waals surface area contributed by atoms with Crippen molar-refractivity contribution in [3.05, 3.63) is 95.0 Å². The van der Waals surface area contributed by atoms with Crippen molar-refractivity contribution >= 4 is 46.7 Å². The fourth-order valence-electron chi connectivity index (χ4n) is 2.87. The standard InChI is InChI=1S/C23H17ClN2OS/c1-16-22(23(27)26(25-16)19-5-3-2-4-6-19)15-17-7-11-20(12-8-17)28-21-13-9-18(24)10-14-21/h2-15H,1H3/b22-15-. The molecule has 138 valence electrons. The highest BCUT2D eigenvalue weighted by atomic mass is 35.5. The minimum absolute atomic E-state index is 0.108. The molecule has 0 saturated carbocycles. The SMILES string of the molecule is CC1=NN(c2ccccc2)C(=O)/C1=C\c1ccc(Sc2ccc(Cl)cc2)cc1. The molecule has 0 bridgehead atoms. The lowest BCUT2D eigenvalue weighted by atomic mass is 10.1. The Morgan fingerprint density at radius 3 is 2.14 bits per heavy atom. The van der Waals surface area contributed by atoms with Crippen LogP contribution in [-0.4, -0.2) is 11.6 Å². The molecule has 0 aliphatic carbocycles. The smallest absolute Gasteiger partial charge is 0.267 e. The van der Waals surface area contributed by atoms with Crippen LogP contribution >= 0.6 is 23.4 Å². The summed E-state index contributed by atoms with van der Waals surface area (Å²) in [5.74, 6) is -0.108. The zero-order chi connectivity index (χ0) is 19.5. The summed E-state index contributed by atoms with van der Waals surface area (Å²) >= 11 is 7.60. The minimum atomic E-state index is -0.108. The first-order valence-electron chi connectivity index (χ1n) is 8.80. The van der Waals surface area contributed by atoms with Gasteiger partial charge in [0.2, 0.25) is 0 Å². The Morgan fingerprint density at radius 1 is 0.893 bits per heavy atom. The zero-order valence-corrected chi connectivity index (χ0v) is 16.7. The largest absolute Gasteiger partial charge is 0.280 e. The fraction of sp³-hybridized carbons (Fsp3) is 0.0435. The van der Waals surface area contributed by atoms with Gasteiger partial charge in [-0.3, -0.25) is 4.79 Å². The van der Waals surface area contributed by atoms with E-state index in [4.69, 9.17) is 11.6 Å². The third-order valence-electron chi connectivity index (χ3n) is 4.30. The van der Waals surface area contributed by atoms with E-state index in [2.05, 4.69) is 5.10 Å². The van der Waals surface area contributed by atoms with Gasteiger partial charge in [-0.2, -0.15) is 10.1 Å². The van der Waals surface area contributed by atoms with Crippen molar-refractivity contribution in [2.45, 2.75) is 16.7 Å². The van der Waals surface area contributed by atoms with Crippen LogP contribution in [0.3, 0.4) is 0 Å². The third-order valence-corrected chi connectivity index (χ3v) is 5.57. The topological polar surface area (TPSA) is 32.7 Å². The Kier molecular flexibility index (Phi) is 5.33. The average Bonchev–Trinajstić information content (AvgIpc) is 3.00. The molecule has 0 aromatic heterocycles. The van der Waals surface area contributed by atoms with E-state index >= 15 is 0 Å². The molecule has 1 heterocycles. The molecule has 1 amide bonds.